The smallest absolute Gasteiger partial charge is 0.356 e. The molecule has 0 atom stereocenters. The summed E-state index contributed by atoms with van der Waals surface area (Å²) in [6.07, 6.45) is 1.22. The molecular weight excluding hydrogens is 329 g/mol. The molecule has 2 aromatic heterocycles. The van der Waals surface area contributed by atoms with Crippen LogP contribution in [0.1, 0.15) is 32.1 Å². The van der Waals surface area contributed by atoms with Gasteiger partial charge in [0.1, 0.15) is 17.8 Å². The summed E-state index contributed by atoms with van der Waals surface area (Å²) in [5, 5.41) is 6.54. The van der Waals surface area contributed by atoms with E-state index in [1.165, 1.54) is 30.1 Å². The van der Waals surface area contributed by atoms with Crippen molar-refractivity contribution in [1.29, 1.82) is 0 Å². The second kappa shape index (κ2) is 6.63. The zero-order valence-electron chi connectivity index (χ0n) is 13.5. The van der Waals surface area contributed by atoms with Gasteiger partial charge in [-0.15, -0.1) is 0 Å². The van der Waals surface area contributed by atoms with Gasteiger partial charge in [0.2, 0.25) is 0 Å². The lowest BCUT2D eigenvalue weighted by molar-refractivity contribution is 0.0590. The van der Waals surface area contributed by atoms with E-state index >= 15 is 0 Å². The van der Waals surface area contributed by atoms with Crippen molar-refractivity contribution >= 4 is 17.7 Å². The van der Waals surface area contributed by atoms with Crippen molar-refractivity contribution in [2.75, 3.05) is 7.11 Å². The highest BCUT2D eigenvalue weighted by molar-refractivity contribution is 5.96. The topological polar surface area (TPSA) is 98.5 Å². The number of rotatable bonds is 4. The SMILES string of the molecule is COC(=O)c1cc(C(=O)NCc2ccc(F)c(C)c2)nc2ncnn12. The summed E-state index contributed by atoms with van der Waals surface area (Å²) in [7, 11) is 1.22. The summed E-state index contributed by atoms with van der Waals surface area (Å²) < 4.78 is 19.1. The number of carbonyl (C=O) groups excluding carboxylic acids is 2. The van der Waals surface area contributed by atoms with Gasteiger partial charge in [0.25, 0.3) is 11.7 Å². The summed E-state index contributed by atoms with van der Waals surface area (Å²) in [6, 6.07) is 5.84. The number of nitrogens with one attached hydrogen (secondary N) is 1. The Morgan fingerprint density at radius 1 is 1.32 bits per heavy atom. The Bertz CT molecular complexity index is 970. The standard InChI is InChI=1S/C16H14FN5O3/c1-9-5-10(3-4-11(9)17)7-18-14(23)12-6-13(15(24)25-2)22-16(21-12)19-8-20-22/h3-6,8H,7H2,1-2H3,(H,18,23). The van der Waals surface area contributed by atoms with Crippen LogP contribution in [0.3, 0.4) is 0 Å². The van der Waals surface area contributed by atoms with E-state index in [9.17, 15) is 14.0 Å². The quantitative estimate of drug-likeness (QED) is 0.717. The van der Waals surface area contributed by atoms with Crippen LogP contribution < -0.4 is 5.32 Å². The van der Waals surface area contributed by atoms with Crippen LogP contribution in [0.4, 0.5) is 4.39 Å². The molecule has 3 aromatic rings. The van der Waals surface area contributed by atoms with Gasteiger partial charge in [0.05, 0.1) is 7.11 Å². The summed E-state index contributed by atoms with van der Waals surface area (Å²) in [4.78, 5) is 32.1. The van der Waals surface area contributed by atoms with Crippen molar-refractivity contribution in [3.8, 4) is 0 Å². The number of nitrogens with zero attached hydrogens (tertiary/aromatic N) is 4. The lowest BCUT2D eigenvalue weighted by Crippen LogP contribution is -2.25. The van der Waals surface area contributed by atoms with E-state index in [1.807, 2.05) is 0 Å². The first-order valence-electron chi connectivity index (χ1n) is 7.32. The van der Waals surface area contributed by atoms with E-state index in [0.717, 1.165) is 5.56 Å². The molecule has 2 heterocycles. The van der Waals surface area contributed by atoms with E-state index in [2.05, 4.69) is 25.1 Å². The summed E-state index contributed by atoms with van der Waals surface area (Å²) in [5.74, 6) is -1.37. The number of aryl methyl sites for hydroxylation is 1. The molecule has 1 N–H and O–H groups in total. The first kappa shape index (κ1) is 16.5. The number of ether oxygens (including phenoxy) is 1. The Kier molecular flexibility index (Phi) is 4.38. The lowest BCUT2D eigenvalue weighted by Gasteiger charge is -2.08. The van der Waals surface area contributed by atoms with Crippen molar-refractivity contribution < 1.29 is 18.7 Å². The van der Waals surface area contributed by atoms with Gasteiger partial charge in [0, 0.05) is 12.6 Å². The van der Waals surface area contributed by atoms with E-state index in [-0.39, 0.29) is 29.5 Å². The van der Waals surface area contributed by atoms with Crippen molar-refractivity contribution in [1.82, 2.24) is 24.9 Å². The molecule has 8 nitrogen and oxygen atoms in total. The number of halogens is 1. The van der Waals surface area contributed by atoms with Gasteiger partial charge >= 0.3 is 5.97 Å². The van der Waals surface area contributed by atoms with Gasteiger partial charge in [-0.3, -0.25) is 4.79 Å². The highest BCUT2D eigenvalue weighted by atomic mass is 19.1. The molecular formula is C16H14FN5O3. The first-order chi connectivity index (χ1) is 12.0. The monoisotopic (exact) mass is 343 g/mol. The van der Waals surface area contributed by atoms with Crippen molar-refractivity contribution in [2.45, 2.75) is 13.5 Å². The van der Waals surface area contributed by atoms with Gasteiger partial charge in [0.15, 0.2) is 5.69 Å². The minimum Gasteiger partial charge on any atom is -0.464 e. The average Bonchev–Trinajstić information content (AvgIpc) is 3.09. The number of hydrogen-bond acceptors (Lipinski definition) is 6. The number of fused-ring (bicyclic) bond motifs is 1. The minimum atomic E-state index is -0.666. The fraction of sp³-hybridized carbons (Fsp3) is 0.188. The first-order valence-corrected chi connectivity index (χ1v) is 7.32. The second-order valence-electron chi connectivity index (χ2n) is 5.26. The molecule has 0 aliphatic carbocycles. The van der Waals surface area contributed by atoms with Crippen LogP contribution in [0, 0.1) is 12.7 Å². The highest BCUT2D eigenvalue weighted by Crippen LogP contribution is 2.10. The van der Waals surface area contributed by atoms with Gasteiger partial charge < -0.3 is 10.1 Å². The summed E-state index contributed by atoms with van der Waals surface area (Å²) >= 11 is 0. The van der Waals surface area contributed by atoms with Crippen LogP contribution in [0.25, 0.3) is 5.78 Å². The summed E-state index contributed by atoms with van der Waals surface area (Å²) in [6.45, 7) is 1.83. The minimum absolute atomic E-state index is 0.000247. The molecule has 0 saturated carbocycles. The Hall–Kier alpha value is -3.36. The maximum Gasteiger partial charge on any atom is 0.356 e. The van der Waals surface area contributed by atoms with E-state index in [1.54, 1.807) is 19.1 Å². The number of benzene rings is 1. The predicted molar refractivity (Wildman–Crippen MR) is 84.4 cm³/mol. The lowest BCUT2D eigenvalue weighted by atomic mass is 10.1. The van der Waals surface area contributed by atoms with E-state index in [4.69, 9.17) is 0 Å². The molecule has 0 bridgehead atoms. The molecule has 128 valence electrons. The molecule has 1 aromatic carbocycles. The van der Waals surface area contributed by atoms with Crippen LogP contribution in [0.15, 0.2) is 30.6 Å². The Labute approximate surface area is 141 Å². The van der Waals surface area contributed by atoms with Crippen molar-refractivity contribution in [2.24, 2.45) is 0 Å². The Morgan fingerprint density at radius 3 is 2.84 bits per heavy atom. The molecule has 0 aliphatic heterocycles. The highest BCUT2D eigenvalue weighted by Gasteiger charge is 2.18. The number of aromatic nitrogens is 4. The molecule has 0 spiro atoms. The van der Waals surface area contributed by atoms with Gasteiger partial charge in [-0.2, -0.15) is 14.6 Å². The fourth-order valence-electron chi connectivity index (χ4n) is 2.27. The van der Waals surface area contributed by atoms with Crippen molar-refractivity contribution in [3.63, 3.8) is 0 Å². The number of amides is 1. The average molecular weight is 343 g/mol. The maximum absolute atomic E-state index is 13.3. The number of hydrogen-bond donors (Lipinski definition) is 1. The Morgan fingerprint density at radius 2 is 2.12 bits per heavy atom. The van der Waals surface area contributed by atoms with Gasteiger partial charge in [-0.1, -0.05) is 12.1 Å². The molecule has 1 amide bonds. The van der Waals surface area contributed by atoms with Crippen molar-refractivity contribution in [3.05, 3.63) is 58.9 Å². The third kappa shape index (κ3) is 3.30. The molecule has 0 saturated heterocycles. The fourth-order valence-corrected chi connectivity index (χ4v) is 2.27. The normalized spacial score (nSPS) is 10.7. The number of esters is 1. The number of carbonyl (C=O) groups is 2. The Balaban J connectivity index is 1.84. The molecule has 0 fully saturated rings. The third-order valence-corrected chi connectivity index (χ3v) is 3.55. The van der Waals surface area contributed by atoms with Crippen LogP contribution in [-0.4, -0.2) is 38.6 Å². The largest absolute Gasteiger partial charge is 0.464 e. The zero-order chi connectivity index (χ0) is 18.0. The second-order valence-corrected chi connectivity index (χ2v) is 5.26. The molecule has 0 aliphatic rings. The maximum atomic E-state index is 13.3. The third-order valence-electron chi connectivity index (χ3n) is 3.55. The van der Waals surface area contributed by atoms with Crippen LogP contribution in [0.2, 0.25) is 0 Å². The molecule has 25 heavy (non-hydrogen) atoms. The molecule has 3 rings (SSSR count). The van der Waals surface area contributed by atoms with Crippen LogP contribution in [-0.2, 0) is 11.3 Å². The zero-order valence-corrected chi connectivity index (χ0v) is 13.5. The molecule has 0 radical (unpaired) electrons. The summed E-state index contributed by atoms with van der Waals surface area (Å²) in [5.41, 5.74) is 1.26. The van der Waals surface area contributed by atoms with E-state index < -0.39 is 11.9 Å². The van der Waals surface area contributed by atoms with Gasteiger partial charge in [-0.05, 0) is 24.1 Å². The molecule has 0 unspecified atom stereocenters. The van der Waals surface area contributed by atoms with Crippen LogP contribution in [0.5, 0.6) is 0 Å². The number of methoxy groups -OCH3 is 1. The van der Waals surface area contributed by atoms with Gasteiger partial charge in [-0.25, -0.2) is 14.2 Å². The predicted octanol–water partition coefficient (Wildman–Crippen LogP) is 1.29. The molecule has 9 heteroatoms. The van der Waals surface area contributed by atoms with Crippen LogP contribution >= 0.6 is 0 Å². The van der Waals surface area contributed by atoms with E-state index in [0.29, 0.717) is 5.56 Å².